The van der Waals surface area contributed by atoms with E-state index in [1.165, 1.54) is 16.6 Å². The number of sulfonamides is 1. The van der Waals surface area contributed by atoms with Crippen LogP contribution in [0.5, 0.6) is 0 Å². The van der Waals surface area contributed by atoms with E-state index in [0.29, 0.717) is 31.1 Å². The molecule has 1 aromatic carbocycles. The van der Waals surface area contributed by atoms with Gasteiger partial charge in [-0.3, -0.25) is 0 Å². The van der Waals surface area contributed by atoms with Crippen LogP contribution in [0.2, 0.25) is 0 Å². The van der Waals surface area contributed by atoms with Crippen molar-refractivity contribution in [2.24, 2.45) is 0 Å². The number of anilines is 2. The Morgan fingerprint density at radius 1 is 1.07 bits per heavy atom. The third-order valence-corrected chi connectivity index (χ3v) is 7.69. The number of hydrogen-bond donors (Lipinski definition) is 1. The molecule has 2 aliphatic rings. The normalized spacial score (nSPS) is 21.5. The highest BCUT2D eigenvalue weighted by Gasteiger charge is 2.28. The fourth-order valence-electron chi connectivity index (χ4n) is 4.03. The van der Waals surface area contributed by atoms with E-state index in [9.17, 15) is 12.8 Å². The number of aromatic nitrogens is 1. The Bertz CT molecular complexity index is 962. The first kappa shape index (κ1) is 21.0. The summed E-state index contributed by atoms with van der Waals surface area (Å²) in [7, 11) is -1.53. The van der Waals surface area contributed by atoms with Gasteiger partial charge in [-0.25, -0.2) is 17.8 Å². The zero-order chi connectivity index (χ0) is 21.1. The van der Waals surface area contributed by atoms with Crippen LogP contribution in [0.3, 0.4) is 0 Å². The topological polar surface area (TPSA) is 68.8 Å². The number of benzene rings is 1. The highest BCUT2D eigenvalue weighted by atomic mass is 32.2. The number of pyridine rings is 1. The van der Waals surface area contributed by atoms with E-state index in [1.54, 1.807) is 24.3 Å². The molecule has 1 atom stereocenters. The van der Waals surface area contributed by atoms with Crippen molar-refractivity contribution in [3.05, 3.63) is 48.4 Å². The van der Waals surface area contributed by atoms with Gasteiger partial charge in [0.1, 0.15) is 16.5 Å². The lowest BCUT2D eigenvalue weighted by atomic mass is 10.0. The number of hydrogen-bond acceptors (Lipinski definition) is 6. The van der Waals surface area contributed by atoms with E-state index in [4.69, 9.17) is 0 Å². The first-order valence-corrected chi connectivity index (χ1v) is 11.8. The summed E-state index contributed by atoms with van der Waals surface area (Å²) < 4.78 is 41.3. The number of piperazine rings is 1. The quantitative estimate of drug-likeness (QED) is 0.780. The van der Waals surface area contributed by atoms with E-state index in [-0.39, 0.29) is 16.8 Å². The van der Waals surface area contributed by atoms with E-state index < -0.39 is 10.0 Å². The smallest absolute Gasteiger partial charge is 0.244 e. The molecule has 2 aliphatic heterocycles. The van der Waals surface area contributed by atoms with E-state index in [1.807, 2.05) is 18.0 Å². The van der Waals surface area contributed by atoms with Gasteiger partial charge in [0.05, 0.1) is 5.69 Å². The summed E-state index contributed by atoms with van der Waals surface area (Å²) in [4.78, 5) is 8.72. The molecule has 2 aromatic rings. The van der Waals surface area contributed by atoms with Gasteiger partial charge >= 0.3 is 0 Å². The van der Waals surface area contributed by atoms with Crippen LogP contribution in [-0.4, -0.2) is 75.0 Å². The van der Waals surface area contributed by atoms with Crippen molar-refractivity contribution in [1.82, 2.24) is 14.2 Å². The molecule has 9 heteroatoms. The Morgan fingerprint density at radius 2 is 1.83 bits per heavy atom. The zero-order valence-electron chi connectivity index (χ0n) is 17.2. The van der Waals surface area contributed by atoms with Crippen molar-refractivity contribution < 1.29 is 12.8 Å². The number of rotatable bonds is 5. The van der Waals surface area contributed by atoms with E-state index in [2.05, 4.69) is 15.2 Å². The summed E-state index contributed by atoms with van der Waals surface area (Å²) in [5, 5.41) is 3.37. The fourth-order valence-corrected chi connectivity index (χ4v) is 5.39. The van der Waals surface area contributed by atoms with Gasteiger partial charge in [0.25, 0.3) is 0 Å². The lowest BCUT2D eigenvalue weighted by Crippen LogP contribution is -2.47. The van der Waals surface area contributed by atoms with Crippen molar-refractivity contribution in [2.75, 3.05) is 56.5 Å². The van der Waals surface area contributed by atoms with Crippen LogP contribution in [0.1, 0.15) is 12.8 Å². The van der Waals surface area contributed by atoms with Crippen molar-refractivity contribution in [2.45, 2.75) is 23.8 Å². The van der Waals surface area contributed by atoms with E-state index in [0.717, 1.165) is 32.5 Å². The Labute approximate surface area is 177 Å². The molecule has 0 radical (unpaired) electrons. The van der Waals surface area contributed by atoms with Crippen molar-refractivity contribution in [1.29, 1.82) is 0 Å². The summed E-state index contributed by atoms with van der Waals surface area (Å²) in [5.74, 6) is 0.419. The minimum atomic E-state index is -3.52. The molecule has 30 heavy (non-hydrogen) atoms. The van der Waals surface area contributed by atoms with Gasteiger partial charge in [0.2, 0.25) is 10.0 Å². The molecule has 0 amide bonds. The zero-order valence-corrected chi connectivity index (χ0v) is 18.0. The lowest BCUT2D eigenvalue weighted by molar-refractivity contribution is 0.222. The third-order valence-electron chi connectivity index (χ3n) is 5.80. The minimum Gasteiger partial charge on any atom is -0.367 e. The van der Waals surface area contributed by atoms with Gasteiger partial charge in [-0.15, -0.1) is 0 Å². The average molecular weight is 434 g/mol. The average Bonchev–Trinajstić information content (AvgIpc) is 2.75. The second-order valence-electron chi connectivity index (χ2n) is 7.97. The van der Waals surface area contributed by atoms with Gasteiger partial charge in [0.15, 0.2) is 0 Å². The second kappa shape index (κ2) is 8.87. The van der Waals surface area contributed by atoms with Crippen LogP contribution in [0.25, 0.3) is 0 Å². The number of nitrogens with zero attached hydrogens (tertiary/aromatic N) is 4. The van der Waals surface area contributed by atoms with Gasteiger partial charge in [-0.05, 0) is 44.2 Å². The summed E-state index contributed by atoms with van der Waals surface area (Å²) in [6.45, 7) is 3.93. The highest BCUT2D eigenvalue weighted by Crippen LogP contribution is 2.24. The molecule has 0 spiro atoms. The summed E-state index contributed by atoms with van der Waals surface area (Å²) in [5.41, 5.74) is 0.616. The SMILES string of the molecule is CN1CCN(S(=O)(=O)c2ccc(NC3CCCN(c4ccccc4F)C3)nc2)CC1. The largest absolute Gasteiger partial charge is 0.367 e. The summed E-state index contributed by atoms with van der Waals surface area (Å²) >= 11 is 0. The predicted octanol–water partition coefficient (Wildman–Crippen LogP) is 2.24. The molecular weight excluding hydrogens is 405 g/mol. The second-order valence-corrected chi connectivity index (χ2v) is 9.91. The van der Waals surface area contributed by atoms with Crippen molar-refractivity contribution in [3.63, 3.8) is 0 Å². The maximum absolute atomic E-state index is 14.1. The summed E-state index contributed by atoms with van der Waals surface area (Å²) in [6, 6.07) is 10.3. The monoisotopic (exact) mass is 433 g/mol. The first-order chi connectivity index (χ1) is 14.4. The predicted molar refractivity (Wildman–Crippen MR) is 116 cm³/mol. The Kier molecular flexibility index (Phi) is 6.21. The van der Waals surface area contributed by atoms with Gasteiger partial charge < -0.3 is 15.1 Å². The molecule has 3 heterocycles. The highest BCUT2D eigenvalue weighted by molar-refractivity contribution is 7.89. The van der Waals surface area contributed by atoms with Crippen LogP contribution < -0.4 is 10.2 Å². The van der Waals surface area contributed by atoms with E-state index >= 15 is 0 Å². The van der Waals surface area contributed by atoms with Crippen LogP contribution >= 0.6 is 0 Å². The van der Waals surface area contributed by atoms with Crippen molar-refractivity contribution >= 4 is 21.5 Å². The molecule has 0 bridgehead atoms. The third kappa shape index (κ3) is 4.58. The number of piperidine rings is 1. The first-order valence-electron chi connectivity index (χ1n) is 10.3. The lowest BCUT2D eigenvalue weighted by Gasteiger charge is -2.35. The molecule has 1 unspecified atom stereocenters. The molecule has 1 N–H and O–H groups in total. The molecule has 1 aromatic heterocycles. The molecule has 0 aliphatic carbocycles. The summed E-state index contributed by atoms with van der Waals surface area (Å²) in [6.07, 6.45) is 3.32. The Balaban J connectivity index is 1.40. The minimum absolute atomic E-state index is 0.117. The molecular formula is C21H28FN5O2S. The standard InChI is InChI=1S/C21H28FN5O2S/c1-25-11-13-27(14-12-25)30(28,29)18-8-9-21(23-15-18)24-17-5-4-10-26(16-17)20-7-3-2-6-19(20)22/h2-3,6-9,15,17H,4-5,10-14,16H2,1H3,(H,23,24). The van der Waals surface area contributed by atoms with Crippen LogP contribution in [0, 0.1) is 5.82 Å². The van der Waals surface area contributed by atoms with Gasteiger partial charge in [-0.2, -0.15) is 4.31 Å². The number of para-hydroxylation sites is 1. The molecule has 2 fully saturated rings. The maximum Gasteiger partial charge on any atom is 0.244 e. The van der Waals surface area contributed by atoms with Gasteiger partial charge in [0, 0.05) is 51.5 Å². The Morgan fingerprint density at radius 3 is 2.53 bits per heavy atom. The molecule has 4 rings (SSSR count). The number of nitrogens with one attached hydrogen (secondary N) is 1. The maximum atomic E-state index is 14.1. The Hall–Kier alpha value is -2.23. The number of halogens is 1. The number of likely N-dealkylation sites (N-methyl/N-ethyl adjacent to an activating group) is 1. The van der Waals surface area contributed by atoms with Crippen LogP contribution in [0.4, 0.5) is 15.9 Å². The molecule has 0 saturated carbocycles. The van der Waals surface area contributed by atoms with Gasteiger partial charge in [-0.1, -0.05) is 12.1 Å². The fraction of sp³-hybridized carbons (Fsp3) is 0.476. The molecule has 162 valence electrons. The molecule has 2 saturated heterocycles. The van der Waals surface area contributed by atoms with Crippen LogP contribution in [0.15, 0.2) is 47.5 Å². The molecule has 7 nitrogen and oxygen atoms in total. The van der Waals surface area contributed by atoms with Crippen molar-refractivity contribution in [3.8, 4) is 0 Å². The van der Waals surface area contributed by atoms with Crippen LogP contribution in [-0.2, 0) is 10.0 Å².